The topological polar surface area (TPSA) is 27.1 Å². The molecule has 0 unspecified atom stereocenters. The van der Waals surface area contributed by atoms with Crippen LogP contribution in [0.2, 0.25) is 0 Å². The quantitative estimate of drug-likeness (QED) is 0.731. The van der Waals surface area contributed by atoms with Crippen LogP contribution in [0.25, 0.3) is 16.8 Å². The van der Waals surface area contributed by atoms with Crippen molar-refractivity contribution >= 4 is 0 Å². The third kappa shape index (κ3) is 2.63. The van der Waals surface area contributed by atoms with Gasteiger partial charge in [-0.1, -0.05) is 12.1 Å². The summed E-state index contributed by atoms with van der Waals surface area (Å²) in [6, 6.07) is 10.9. The largest absolute Gasteiger partial charge is 0.497 e. The average Bonchev–Trinajstić information content (AvgIpc) is 2.97. The fourth-order valence-corrected chi connectivity index (χ4v) is 2.05. The Balaban J connectivity index is 1.95. The van der Waals surface area contributed by atoms with E-state index in [1.165, 1.54) is 16.8 Å². The molecule has 5 heteroatoms. The number of benzene rings is 2. The summed E-state index contributed by atoms with van der Waals surface area (Å²) in [5, 5.41) is 4.12. The molecule has 0 radical (unpaired) electrons. The predicted octanol–water partition coefficient (Wildman–Crippen LogP) is 3.83. The molecule has 106 valence electrons. The molecule has 3 nitrogen and oxygen atoms in total. The van der Waals surface area contributed by atoms with E-state index >= 15 is 0 Å². The molecule has 0 saturated carbocycles. The summed E-state index contributed by atoms with van der Waals surface area (Å²) in [5.41, 5.74) is 1.97. The van der Waals surface area contributed by atoms with Crippen LogP contribution in [0.1, 0.15) is 0 Å². The number of hydrogen-bond donors (Lipinski definition) is 0. The number of halogens is 2. The summed E-state index contributed by atoms with van der Waals surface area (Å²) >= 11 is 0. The van der Waals surface area contributed by atoms with Crippen LogP contribution >= 0.6 is 0 Å². The lowest BCUT2D eigenvalue weighted by Gasteiger charge is -2.03. The van der Waals surface area contributed by atoms with Gasteiger partial charge in [0.2, 0.25) is 0 Å². The van der Waals surface area contributed by atoms with Gasteiger partial charge in [-0.3, -0.25) is 0 Å². The van der Waals surface area contributed by atoms with Crippen molar-refractivity contribution < 1.29 is 13.5 Å². The van der Waals surface area contributed by atoms with Gasteiger partial charge in [-0.25, -0.2) is 13.5 Å². The van der Waals surface area contributed by atoms with E-state index in [-0.39, 0.29) is 5.69 Å². The fraction of sp³-hybridized carbons (Fsp3) is 0.0625. The number of hydrogen-bond acceptors (Lipinski definition) is 2. The van der Waals surface area contributed by atoms with Gasteiger partial charge in [0.05, 0.1) is 13.3 Å². The molecule has 1 aromatic heterocycles. The SMILES string of the molecule is COc1ccc(-c2cnn(-c3ccc(F)cc3F)c2)cc1. The maximum Gasteiger partial charge on any atom is 0.151 e. The fourth-order valence-electron chi connectivity index (χ4n) is 2.05. The Morgan fingerprint density at radius 3 is 2.43 bits per heavy atom. The number of methoxy groups -OCH3 is 1. The summed E-state index contributed by atoms with van der Waals surface area (Å²) in [6.07, 6.45) is 3.32. The minimum atomic E-state index is -0.653. The average molecular weight is 286 g/mol. The Kier molecular flexibility index (Phi) is 3.39. The molecule has 0 fully saturated rings. The van der Waals surface area contributed by atoms with Crippen LogP contribution in [0.3, 0.4) is 0 Å². The highest BCUT2D eigenvalue weighted by Crippen LogP contribution is 2.23. The third-order valence-electron chi connectivity index (χ3n) is 3.16. The van der Waals surface area contributed by atoms with Crippen molar-refractivity contribution in [2.45, 2.75) is 0 Å². The van der Waals surface area contributed by atoms with Crippen LogP contribution in [0.15, 0.2) is 54.9 Å². The smallest absolute Gasteiger partial charge is 0.151 e. The van der Waals surface area contributed by atoms with E-state index in [1.54, 1.807) is 19.5 Å². The van der Waals surface area contributed by atoms with Crippen molar-refractivity contribution in [3.05, 3.63) is 66.5 Å². The van der Waals surface area contributed by atoms with Gasteiger partial charge in [-0.05, 0) is 29.8 Å². The molecular weight excluding hydrogens is 274 g/mol. The lowest BCUT2D eigenvalue weighted by molar-refractivity contribution is 0.415. The summed E-state index contributed by atoms with van der Waals surface area (Å²) in [7, 11) is 1.60. The summed E-state index contributed by atoms with van der Waals surface area (Å²) in [6.45, 7) is 0. The first-order valence-corrected chi connectivity index (χ1v) is 6.32. The Hall–Kier alpha value is -2.69. The van der Waals surface area contributed by atoms with Crippen molar-refractivity contribution in [3.63, 3.8) is 0 Å². The molecule has 3 aromatic rings. The predicted molar refractivity (Wildman–Crippen MR) is 75.5 cm³/mol. The summed E-state index contributed by atoms with van der Waals surface area (Å²) in [4.78, 5) is 0. The number of nitrogens with zero attached hydrogens (tertiary/aromatic N) is 2. The molecule has 0 spiro atoms. The van der Waals surface area contributed by atoms with Crippen LogP contribution < -0.4 is 4.74 Å². The van der Waals surface area contributed by atoms with Crippen molar-refractivity contribution in [1.82, 2.24) is 9.78 Å². The Morgan fingerprint density at radius 2 is 1.76 bits per heavy atom. The summed E-state index contributed by atoms with van der Waals surface area (Å²) < 4.78 is 33.1. The van der Waals surface area contributed by atoms with Gasteiger partial charge in [-0.2, -0.15) is 5.10 Å². The van der Waals surface area contributed by atoms with Gasteiger partial charge < -0.3 is 4.74 Å². The van der Waals surface area contributed by atoms with Crippen LogP contribution in [-0.4, -0.2) is 16.9 Å². The Bertz CT molecular complexity index is 766. The second kappa shape index (κ2) is 5.36. The molecule has 2 aromatic carbocycles. The van der Waals surface area contributed by atoms with Crippen LogP contribution in [0, 0.1) is 11.6 Å². The molecule has 3 rings (SSSR count). The maximum atomic E-state index is 13.7. The number of aromatic nitrogens is 2. The van der Waals surface area contributed by atoms with E-state index in [0.29, 0.717) is 0 Å². The molecule has 21 heavy (non-hydrogen) atoms. The van der Waals surface area contributed by atoms with Gasteiger partial charge in [0.15, 0.2) is 5.82 Å². The van der Waals surface area contributed by atoms with Crippen molar-refractivity contribution in [2.24, 2.45) is 0 Å². The normalized spacial score (nSPS) is 10.6. The standard InChI is InChI=1S/C16H12F2N2O/c1-21-14-5-2-11(3-6-14)12-9-19-20(10-12)16-7-4-13(17)8-15(16)18/h2-10H,1H3. The van der Waals surface area contributed by atoms with Crippen molar-refractivity contribution in [2.75, 3.05) is 7.11 Å². The maximum absolute atomic E-state index is 13.7. The van der Waals surface area contributed by atoms with E-state index in [0.717, 1.165) is 22.9 Å². The van der Waals surface area contributed by atoms with Gasteiger partial charge in [-0.15, -0.1) is 0 Å². The molecule has 0 amide bonds. The zero-order valence-electron chi connectivity index (χ0n) is 11.3. The zero-order valence-corrected chi connectivity index (χ0v) is 11.3. The highest BCUT2D eigenvalue weighted by Gasteiger charge is 2.08. The second-order valence-electron chi connectivity index (χ2n) is 4.50. The molecule has 0 saturated heterocycles. The minimum absolute atomic E-state index is 0.205. The van der Waals surface area contributed by atoms with Gasteiger partial charge in [0.25, 0.3) is 0 Å². The van der Waals surface area contributed by atoms with Crippen LogP contribution in [0.5, 0.6) is 5.75 Å². The number of ether oxygens (including phenoxy) is 1. The first-order chi connectivity index (χ1) is 10.2. The minimum Gasteiger partial charge on any atom is -0.497 e. The molecule has 0 aliphatic heterocycles. The lowest BCUT2D eigenvalue weighted by Crippen LogP contribution is -1.98. The molecule has 1 heterocycles. The van der Waals surface area contributed by atoms with E-state index in [1.807, 2.05) is 24.3 Å². The van der Waals surface area contributed by atoms with E-state index in [2.05, 4.69) is 5.10 Å². The zero-order chi connectivity index (χ0) is 14.8. The second-order valence-corrected chi connectivity index (χ2v) is 4.50. The molecule has 0 atom stereocenters. The molecule has 0 aliphatic rings. The van der Waals surface area contributed by atoms with Gasteiger partial charge in [0, 0.05) is 17.8 Å². The Labute approximate surface area is 120 Å². The highest BCUT2D eigenvalue weighted by atomic mass is 19.1. The van der Waals surface area contributed by atoms with E-state index < -0.39 is 11.6 Å². The third-order valence-corrected chi connectivity index (χ3v) is 3.16. The van der Waals surface area contributed by atoms with Crippen LogP contribution in [-0.2, 0) is 0 Å². The van der Waals surface area contributed by atoms with Crippen molar-refractivity contribution in [1.29, 1.82) is 0 Å². The summed E-state index contributed by atoms with van der Waals surface area (Å²) in [5.74, 6) is -0.506. The molecule has 0 bridgehead atoms. The number of rotatable bonds is 3. The first kappa shape index (κ1) is 13.3. The lowest BCUT2D eigenvalue weighted by atomic mass is 10.1. The first-order valence-electron chi connectivity index (χ1n) is 6.32. The monoisotopic (exact) mass is 286 g/mol. The molecule has 0 aliphatic carbocycles. The Morgan fingerprint density at radius 1 is 1.00 bits per heavy atom. The van der Waals surface area contributed by atoms with Crippen molar-refractivity contribution in [3.8, 4) is 22.6 Å². The van der Waals surface area contributed by atoms with Gasteiger partial charge >= 0.3 is 0 Å². The van der Waals surface area contributed by atoms with E-state index in [9.17, 15) is 8.78 Å². The molecule has 0 N–H and O–H groups in total. The van der Waals surface area contributed by atoms with Crippen LogP contribution in [0.4, 0.5) is 8.78 Å². The highest BCUT2D eigenvalue weighted by molar-refractivity contribution is 5.63. The van der Waals surface area contributed by atoms with Gasteiger partial charge in [0.1, 0.15) is 17.3 Å². The molecular formula is C16H12F2N2O. The van der Waals surface area contributed by atoms with E-state index in [4.69, 9.17) is 4.74 Å².